The first kappa shape index (κ1) is 8.51. The third-order valence-corrected chi connectivity index (χ3v) is 2.06. The Morgan fingerprint density at radius 3 is 2.45 bits per heavy atom. The average Bonchev–Trinajstić information content (AvgIpc) is 1.86. The maximum absolute atomic E-state index is 10.5. The lowest BCUT2D eigenvalue weighted by Gasteiger charge is -1.95. The molecule has 0 bridgehead atoms. The van der Waals surface area contributed by atoms with Gasteiger partial charge in [-0.3, -0.25) is 9.54 Å². The first-order valence-electron chi connectivity index (χ1n) is 2.61. The van der Waals surface area contributed by atoms with Crippen LogP contribution in [0.25, 0.3) is 0 Å². The van der Waals surface area contributed by atoms with E-state index in [0.717, 1.165) is 6.20 Å². The number of thiol groups is 1. The average molecular weight is 191 g/mol. The molecular formula is C5H5NO3S2. The topological polar surface area (TPSA) is 67.3 Å². The summed E-state index contributed by atoms with van der Waals surface area (Å²) >= 11 is 3.85. The minimum Gasteiger partial charge on any atom is -0.282 e. The van der Waals surface area contributed by atoms with Gasteiger partial charge in [-0.15, -0.1) is 12.6 Å². The van der Waals surface area contributed by atoms with Crippen molar-refractivity contribution in [2.75, 3.05) is 0 Å². The molecule has 0 spiro atoms. The van der Waals surface area contributed by atoms with Gasteiger partial charge in [0.1, 0.15) is 4.90 Å². The fourth-order valence-electron chi connectivity index (χ4n) is 0.548. The molecule has 0 aromatic carbocycles. The number of hydrogen-bond acceptors (Lipinski definition) is 4. The highest BCUT2D eigenvalue weighted by Gasteiger charge is 2.08. The van der Waals surface area contributed by atoms with Gasteiger partial charge in [0.25, 0.3) is 10.1 Å². The number of aromatic nitrogens is 1. The van der Waals surface area contributed by atoms with Crippen LogP contribution < -0.4 is 0 Å². The van der Waals surface area contributed by atoms with E-state index in [0.29, 0.717) is 4.90 Å². The minimum atomic E-state index is -4.14. The fraction of sp³-hybridized carbons (Fsp3) is 0. The van der Waals surface area contributed by atoms with Crippen LogP contribution in [0, 0.1) is 0 Å². The molecular weight excluding hydrogens is 186 g/mol. The molecule has 0 saturated carbocycles. The Hall–Kier alpha value is -0.590. The van der Waals surface area contributed by atoms with E-state index in [-0.39, 0.29) is 4.90 Å². The SMILES string of the molecule is O=S(=O)(O)c1cncc(S)c1. The van der Waals surface area contributed by atoms with Gasteiger partial charge in [0.15, 0.2) is 0 Å². The molecule has 1 aromatic heterocycles. The maximum atomic E-state index is 10.5. The zero-order valence-electron chi connectivity index (χ0n) is 5.30. The molecule has 4 nitrogen and oxygen atoms in total. The van der Waals surface area contributed by atoms with Crippen LogP contribution in [-0.2, 0) is 10.1 Å². The molecule has 0 atom stereocenters. The molecule has 0 saturated heterocycles. The number of rotatable bonds is 1. The Balaban J connectivity index is 3.28. The summed E-state index contributed by atoms with van der Waals surface area (Å²) in [5, 5.41) is 0. The summed E-state index contributed by atoms with van der Waals surface area (Å²) in [7, 11) is -4.14. The smallest absolute Gasteiger partial charge is 0.282 e. The zero-order valence-corrected chi connectivity index (χ0v) is 7.01. The molecule has 0 fully saturated rings. The molecule has 6 heteroatoms. The third kappa shape index (κ3) is 2.18. The van der Waals surface area contributed by atoms with E-state index in [1.54, 1.807) is 0 Å². The first-order chi connectivity index (χ1) is 5.00. The van der Waals surface area contributed by atoms with Crippen LogP contribution in [0.15, 0.2) is 28.3 Å². The van der Waals surface area contributed by atoms with E-state index in [4.69, 9.17) is 4.55 Å². The Morgan fingerprint density at radius 2 is 2.09 bits per heavy atom. The van der Waals surface area contributed by atoms with Gasteiger partial charge in [-0.2, -0.15) is 8.42 Å². The van der Waals surface area contributed by atoms with Gasteiger partial charge < -0.3 is 0 Å². The summed E-state index contributed by atoms with van der Waals surface area (Å²) in [5.41, 5.74) is 0. The number of nitrogens with zero attached hydrogens (tertiary/aromatic N) is 1. The quantitative estimate of drug-likeness (QED) is 0.504. The van der Waals surface area contributed by atoms with Crippen LogP contribution in [0.1, 0.15) is 0 Å². The summed E-state index contributed by atoms with van der Waals surface area (Å²) in [6.07, 6.45) is 2.42. The second-order valence-electron chi connectivity index (χ2n) is 1.85. The molecule has 0 aliphatic rings. The highest BCUT2D eigenvalue weighted by Crippen LogP contribution is 2.10. The van der Waals surface area contributed by atoms with Gasteiger partial charge in [0, 0.05) is 17.3 Å². The summed E-state index contributed by atoms with van der Waals surface area (Å²) in [5.74, 6) is 0. The third-order valence-electron chi connectivity index (χ3n) is 0.997. The Bertz CT molecular complexity index is 360. The standard InChI is InChI=1S/C5H5NO3S2/c7-11(8,9)5-1-4(10)2-6-3-5/h1-3,10H,(H,7,8,9). The van der Waals surface area contributed by atoms with Gasteiger partial charge in [0.05, 0.1) is 0 Å². The summed E-state index contributed by atoms with van der Waals surface area (Å²) in [6, 6.07) is 1.21. The molecule has 60 valence electrons. The largest absolute Gasteiger partial charge is 0.296 e. The van der Waals surface area contributed by atoms with Crippen LogP contribution in [0.4, 0.5) is 0 Å². The lowest BCUT2D eigenvalue weighted by molar-refractivity contribution is 0.482. The van der Waals surface area contributed by atoms with Gasteiger partial charge in [-0.05, 0) is 6.07 Å². The van der Waals surface area contributed by atoms with E-state index in [1.165, 1.54) is 12.3 Å². The van der Waals surface area contributed by atoms with E-state index in [2.05, 4.69) is 17.6 Å². The van der Waals surface area contributed by atoms with Crippen LogP contribution in [0.2, 0.25) is 0 Å². The predicted molar refractivity (Wildman–Crippen MR) is 41.3 cm³/mol. The Morgan fingerprint density at radius 1 is 1.45 bits per heavy atom. The van der Waals surface area contributed by atoms with Crippen molar-refractivity contribution >= 4 is 22.7 Å². The maximum Gasteiger partial charge on any atom is 0.296 e. The Kier molecular flexibility index (Phi) is 2.17. The highest BCUT2D eigenvalue weighted by molar-refractivity contribution is 7.86. The van der Waals surface area contributed by atoms with E-state index < -0.39 is 10.1 Å². The van der Waals surface area contributed by atoms with E-state index >= 15 is 0 Å². The predicted octanol–water partition coefficient (Wildman–Crippen LogP) is 0.617. The van der Waals surface area contributed by atoms with Crippen molar-refractivity contribution in [1.29, 1.82) is 0 Å². The first-order valence-corrected chi connectivity index (χ1v) is 4.50. The summed E-state index contributed by atoms with van der Waals surface area (Å²) in [6.45, 7) is 0. The van der Waals surface area contributed by atoms with Crippen molar-refractivity contribution in [3.05, 3.63) is 18.5 Å². The lowest BCUT2D eigenvalue weighted by Crippen LogP contribution is -1.98. The van der Waals surface area contributed by atoms with Crippen molar-refractivity contribution in [3.63, 3.8) is 0 Å². The van der Waals surface area contributed by atoms with Crippen molar-refractivity contribution < 1.29 is 13.0 Å². The summed E-state index contributed by atoms with van der Waals surface area (Å²) < 4.78 is 29.4. The molecule has 0 aliphatic heterocycles. The molecule has 0 unspecified atom stereocenters. The van der Waals surface area contributed by atoms with E-state index in [9.17, 15) is 8.42 Å². The summed E-state index contributed by atoms with van der Waals surface area (Å²) in [4.78, 5) is 3.68. The van der Waals surface area contributed by atoms with Crippen molar-refractivity contribution in [2.24, 2.45) is 0 Å². The van der Waals surface area contributed by atoms with Crippen LogP contribution in [0.5, 0.6) is 0 Å². The second-order valence-corrected chi connectivity index (χ2v) is 3.79. The van der Waals surface area contributed by atoms with Gasteiger partial charge in [-0.25, -0.2) is 0 Å². The number of hydrogen-bond donors (Lipinski definition) is 2. The second kappa shape index (κ2) is 2.80. The van der Waals surface area contributed by atoms with Gasteiger partial charge in [-0.1, -0.05) is 0 Å². The molecule has 11 heavy (non-hydrogen) atoms. The van der Waals surface area contributed by atoms with Crippen LogP contribution >= 0.6 is 12.6 Å². The monoisotopic (exact) mass is 191 g/mol. The zero-order chi connectivity index (χ0) is 8.48. The lowest BCUT2D eigenvalue weighted by atomic mass is 10.5. The number of pyridine rings is 1. The van der Waals surface area contributed by atoms with Gasteiger partial charge in [0.2, 0.25) is 0 Å². The normalized spacial score (nSPS) is 11.5. The molecule has 1 heterocycles. The Labute approximate surface area is 69.4 Å². The molecule has 1 N–H and O–H groups in total. The van der Waals surface area contributed by atoms with Crippen molar-refractivity contribution in [2.45, 2.75) is 9.79 Å². The van der Waals surface area contributed by atoms with Crippen LogP contribution in [-0.4, -0.2) is 18.0 Å². The minimum absolute atomic E-state index is 0.245. The molecule has 1 aromatic rings. The molecule has 1 rings (SSSR count). The van der Waals surface area contributed by atoms with Crippen molar-refractivity contribution in [1.82, 2.24) is 4.98 Å². The fourth-order valence-corrected chi connectivity index (χ4v) is 1.31. The molecule has 0 aliphatic carbocycles. The van der Waals surface area contributed by atoms with Gasteiger partial charge >= 0.3 is 0 Å². The van der Waals surface area contributed by atoms with Crippen LogP contribution in [0.3, 0.4) is 0 Å². The van der Waals surface area contributed by atoms with E-state index in [1.807, 2.05) is 0 Å². The highest BCUT2D eigenvalue weighted by atomic mass is 32.2. The molecule has 0 radical (unpaired) electrons. The molecule has 0 amide bonds. The van der Waals surface area contributed by atoms with Crippen molar-refractivity contribution in [3.8, 4) is 0 Å².